The molecule has 2 heterocycles. The van der Waals surface area contributed by atoms with Gasteiger partial charge in [0.25, 0.3) is 11.8 Å². The number of rotatable bonds is 5. The van der Waals surface area contributed by atoms with Gasteiger partial charge in [-0.25, -0.2) is 14.3 Å². The minimum atomic E-state index is -0.850. The minimum Gasteiger partial charge on any atom is -0.464 e. The molecule has 10 heteroatoms. The smallest absolute Gasteiger partial charge is 0.361 e. The first-order valence-corrected chi connectivity index (χ1v) is 7.55. The number of amides is 2. The molecule has 10 nitrogen and oxygen atoms in total. The number of hydrogen-bond acceptors (Lipinski definition) is 8. The van der Waals surface area contributed by atoms with E-state index in [-0.39, 0.29) is 24.5 Å². The lowest BCUT2D eigenvalue weighted by molar-refractivity contribution is 0.0541. The standard InChI is InChI=1S/C16H14N4O6/c1-25-15(23)11-12(16(24)26-2)20(18-17-11)8-7-19-13(21)9-5-3-4-6-10(9)14(19)22/h3-6H,7-8H2,1-2H3. The summed E-state index contributed by atoms with van der Waals surface area (Å²) in [4.78, 5) is 49.4. The average molecular weight is 358 g/mol. The van der Waals surface area contributed by atoms with Gasteiger partial charge < -0.3 is 9.47 Å². The van der Waals surface area contributed by atoms with E-state index >= 15 is 0 Å². The molecule has 0 spiro atoms. The van der Waals surface area contributed by atoms with Gasteiger partial charge in [-0.3, -0.25) is 14.5 Å². The predicted molar refractivity (Wildman–Crippen MR) is 84.5 cm³/mol. The van der Waals surface area contributed by atoms with Crippen LogP contribution in [0.4, 0.5) is 0 Å². The lowest BCUT2D eigenvalue weighted by Crippen LogP contribution is -2.33. The zero-order valence-electron chi connectivity index (χ0n) is 14.0. The Morgan fingerprint density at radius 2 is 1.54 bits per heavy atom. The number of methoxy groups -OCH3 is 2. The largest absolute Gasteiger partial charge is 0.464 e. The fourth-order valence-corrected chi connectivity index (χ4v) is 2.64. The van der Waals surface area contributed by atoms with Gasteiger partial charge in [-0.2, -0.15) is 0 Å². The number of imide groups is 1. The van der Waals surface area contributed by atoms with Gasteiger partial charge in [-0.05, 0) is 12.1 Å². The number of nitrogens with zero attached hydrogens (tertiary/aromatic N) is 4. The summed E-state index contributed by atoms with van der Waals surface area (Å²) >= 11 is 0. The Balaban J connectivity index is 1.84. The summed E-state index contributed by atoms with van der Waals surface area (Å²) in [6.45, 7) is -0.0970. The summed E-state index contributed by atoms with van der Waals surface area (Å²) in [6, 6.07) is 6.48. The van der Waals surface area contributed by atoms with Crippen LogP contribution in [0.2, 0.25) is 0 Å². The first-order valence-electron chi connectivity index (χ1n) is 7.55. The van der Waals surface area contributed by atoms with Gasteiger partial charge in [0, 0.05) is 6.54 Å². The Bertz CT molecular complexity index is 884. The molecule has 0 unspecified atom stereocenters. The third kappa shape index (κ3) is 2.70. The van der Waals surface area contributed by atoms with Crippen LogP contribution >= 0.6 is 0 Å². The molecule has 134 valence electrons. The summed E-state index contributed by atoms with van der Waals surface area (Å²) in [7, 11) is 2.28. The lowest BCUT2D eigenvalue weighted by atomic mass is 10.1. The number of aromatic nitrogens is 3. The van der Waals surface area contributed by atoms with Gasteiger partial charge >= 0.3 is 11.9 Å². The molecule has 0 saturated carbocycles. The van der Waals surface area contributed by atoms with Crippen molar-refractivity contribution in [2.45, 2.75) is 6.54 Å². The molecule has 1 aliphatic rings. The normalized spacial score (nSPS) is 12.9. The van der Waals surface area contributed by atoms with Crippen molar-refractivity contribution in [1.82, 2.24) is 19.9 Å². The van der Waals surface area contributed by atoms with Crippen LogP contribution in [0.1, 0.15) is 41.7 Å². The minimum absolute atomic E-state index is 0.0418. The number of benzene rings is 1. The Morgan fingerprint density at radius 1 is 0.962 bits per heavy atom. The van der Waals surface area contributed by atoms with Crippen molar-refractivity contribution in [3.63, 3.8) is 0 Å². The third-order valence-electron chi connectivity index (χ3n) is 3.91. The van der Waals surface area contributed by atoms with E-state index < -0.39 is 23.8 Å². The van der Waals surface area contributed by atoms with Crippen molar-refractivity contribution in [2.75, 3.05) is 20.8 Å². The molecule has 1 aromatic heterocycles. The molecule has 0 aliphatic carbocycles. The van der Waals surface area contributed by atoms with Crippen molar-refractivity contribution in [2.24, 2.45) is 0 Å². The Hall–Kier alpha value is -3.56. The number of ether oxygens (including phenoxy) is 2. The molecule has 0 bridgehead atoms. The van der Waals surface area contributed by atoms with Crippen LogP contribution in [0.3, 0.4) is 0 Å². The molecule has 2 aromatic rings. The number of fused-ring (bicyclic) bond motifs is 1. The number of carbonyl (C=O) groups is 4. The van der Waals surface area contributed by atoms with Crippen LogP contribution in [0.5, 0.6) is 0 Å². The topological polar surface area (TPSA) is 121 Å². The van der Waals surface area contributed by atoms with Crippen molar-refractivity contribution < 1.29 is 28.7 Å². The molecule has 3 rings (SSSR count). The van der Waals surface area contributed by atoms with E-state index in [4.69, 9.17) is 0 Å². The highest BCUT2D eigenvalue weighted by Crippen LogP contribution is 2.22. The van der Waals surface area contributed by atoms with Crippen LogP contribution in [0.25, 0.3) is 0 Å². The van der Waals surface area contributed by atoms with E-state index in [1.807, 2.05) is 0 Å². The maximum atomic E-state index is 12.4. The van der Waals surface area contributed by atoms with E-state index in [1.54, 1.807) is 24.3 Å². The van der Waals surface area contributed by atoms with Crippen molar-refractivity contribution in [3.05, 3.63) is 46.8 Å². The highest BCUT2D eigenvalue weighted by Gasteiger charge is 2.35. The van der Waals surface area contributed by atoms with Gasteiger partial charge in [0.2, 0.25) is 5.69 Å². The first-order chi connectivity index (χ1) is 12.5. The van der Waals surface area contributed by atoms with Gasteiger partial charge in [0.05, 0.1) is 31.9 Å². The van der Waals surface area contributed by atoms with Gasteiger partial charge in [0.1, 0.15) is 0 Å². The van der Waals surface area contributed by atoms with Crippen molar-refractivity contribution in [3.8, 4) is 0 Å². The summed E-state index contributed by atoms with van der Waals surface area (Å²) in [5.74, 6) is -2.55. The van der Waals surface area contributed by atoms with Gasteiger partial charge in [-0.1, -0.05) is 17.3 Å². The molecule has 26 heavy (non-hydrogen) atoms. The fraction of sp³-hybridized carbons (Fsp3) is 0.250. The van der Waals surface area contributed by atoms with Crippen LogP contribution < -0.4 is 0 Å². The van der Waals surface area contributed by atoms with E-state index in [2.05, 4.69) is 19.8 Å². The number of hydrogen-bond donors (Lipinski definition) is 0. The molecule has 1 aromatic carbocycles. The molecule has 2 amide bonds. The van der Waals surface area contributed by atoms with Crippen LogP contribution in [0, 0.1) is 0 Å². The molecular formula is C16H14N4O6. The Kier molecular flexibility index (Phi) is 4.48. The van der Waals surface area contributed by atoms with E-state index in [9.17, 15) is 19.2 Å². The third-order valence-corrected chi connectivity index (χ3v) is 3.91. The summed E-state index contributed by atoms with van der Waals surface area (Å²) < 4.78 is 10.3. The van der Waals surface area contributed by atoms with Gasteiger partial charge in [-0.15, -0.1) is 5.10 Å². The monoisotopic (exact) mass is 358 g/mol. The lowest BCUT2D eigenvalue weighted by Gasteiger charge is -2.14. The summed E-state index contributed by atoms with van der Waals surface area (Å²) in [6.07, 6.45) is 0. The van der Waals surface area contributed by atoms with Crippen LogP contribution in [-0.4, -0.2) is 64.4 Å². The molecule has 1 aliphatic heterocycles. The molecule has 0 radical (unpaired) electrons. The van der Waals surface area contributed by atoms with E-state index in [0.29, 0.717) is 11.1 Å². The molecule has 0 fully saturated rings. The maximum absolute atomic E-state index is 12.4. The number of esters is 2. The first kappa shape index (κ1) is 17.3. The van der Waals surface area contributed by atoms with Crippen molar-refractivity contribution >= 4 is 23.8 Å². The fourth-order valence-electron chi connectivity index (χ4n) is 2.64. The second-order valence-corrected chi connectivity index (χ2v) is 5.30. The van der Waals surface area contributed by atoms with Gasteiger partial charge in [0.15, 0.2) is 5.69 Å². The summed E-state index contributed by atoms with van der Waals surface area (Å²) in [5, 5.41) is 7.36. The van der Waals surface area contributed by atoms with E-state index in [1.165, 1.54) is 0 Å². The summed E-state index contributed by atoms with van der Waals surface area (Å²) in [5.41, 5.74) is 0.122. The molecule has 0 atom stereocenters. The number of carbonyl (C=O) groups excluding carboxylic acids is 4. The molecule has 0 N–H and O–H groups in total. The Morgan fingerprint density at radius 3 is 2.08 bits per heavy atom. The Labute approximate surface area is 147 Å². The second-order valence-electron chi connectivity index (χ2n) is 5.30. The van der Waals surface area contributed by atoms with E-state index in [0.717, 1.165) is 23.8 Å². The maximum Gasteiger partial charge on any atom is 0.361 e. The average Bonchev–Trinajstić information content (AvgIpc) is 3.19. The van der Waals surface area contributed by atoms with Crippen LogP contribution in [-0.2, 0) is 16.0 Å². The molecular weight excluding hydrogens is 344 g/mol. The SMILES string of the molecule is COC(=O)c1nnn(CCN2C(=O)c3ccccc3C2=O)c1C(=O)OC. The quantitative estimate of drug-likeness (QED) is 0.547. The molecule has 0 saturated heterocycles. The second kappa shape index (κ2) is 6.75. The van der Waals surface area contributed by atoms with Crippen LogP contribution in [0.15, 0.2) is 24.3 Å². The zero-order valence-corrected chi connectivity index (χ0v) is 14.0. The highest BCUT2D eigenvalue weighted by molar-refractivity contribution is 6.21. The predicted octanol–water partition coefficient (Wildman–Crippen LogP) is 0.147. The zero-order chi connectivity index (χ0) is 18.8. The highest BCUT2D eigenvalue weighted by atomic mass is 16.5. The van der Waals surface area contributed by atoms with Crippen molar-refractivity contribution in [1.29, 1.82) is 0 Å².